The predicted molar refractivity (Wildman–Crippen MR) is 80.1 cm³/mol. The van der Waals surface area contributed by atoms with Crippen LogP contribution in [0.1, 0.15) is 32.4 Å². The van der Waals surface area contributed by atoms with Crippen LogP contribution in [0.4, 0.5) is 5.69 Å². The molecule has 1 heterocycles. The number of benzene rings is 1. The second-order valence-corrected chi connectivity index (χ2v) is 4.98. The first-order valence-electron chi connectivity index (χ1n) is 6.73. The Labute approximate surface area is 119 Å². The van der Waals surface area contributed by atoms with Crippen LogP contribution < -0.4 is 10.1 Å². The Bertz CT molecular complexity index is 570. The lowest BCUT2D eigenvalue weighted by atomic mass is 10.1. The van der Waals surface area contributed by atoms with Crippen molar-refractivity contribution in [3.63, 3.8) is 0 Å². The van der Waals surface area contributed by atoms with Crippen LogP contribution in [0.25, 0.3) is 0 Å². The fourth-order valence-corrected chi connectivity index (χ4v) is 1.93. The average molecular weight is 272 g/mol. The standard InChI is InChI=1S/C16H20N2O2/c1-11(2)20-16-15(8-5-9-17-16)18-12(3)13-6-4-7-14(19)10-13/h4-12,18-19H,1-3H3. The highest BCUT2D eigenvalue weighted by Gasteiger charge is 2.11. The third-order valence-corrected chi connectivity index (χ3v) is 2.86. The number of hydrogen-bond donors (Lipinski definition) is 2. The van der Waals surface area contributed by atoms with Gasteiger partial charge in [0.25, 0.3) is 0 Å². The van der Waals surface area contributed by atoms with Gasteiger partial charge in [0, 0.05) is 12.2 Å². The lowest BCUT2D eigenvalue weighted by molar-refractivity contribution is 0.234. The quantitative estimate of drug-likeness (QED) is 0.870. The molecule has 1 aromatic heterocycles. The molecule has 0 amide bonds. The number of aromatic hydroxyl groups is 1. The van der Waals surface area contributed by atoms with Crippen LogP contribution in [0.15, 0.2) is 42.6 Å². The maximum absolute atomic E-state index is 9.54. The van der Waals surface area contributed by atoms with Gasteiger partial charge in [0.15, 0.2) is 0 Å². The largest absolute Gasteiger partial charge is 0.508 e. The normalized spacial score (nSPS) is 12.2. The lowest BCUT2D eigenvalue weighted by Gasteiger charge is -2.19. The van der Waals surface area contributed by atoms with E-state index in [-0.39, 0.29) is 17.9 Å². The van der Waals surface area contributed by atoms with E-state index in [4.69, 9.17) is 4.74 Å². The molecule has 0 spiro atoms. The van der Waals surface area contributed by atoms with Crippen LogP contribution in [0.5, 0.6) is 11.6 Å². The number of aromatic nitrogens is 1. The van der Waals surface area contributed by atoms with E-state index >= 15 is 0 Å². The molecule has 0 saturated carbocycles. The summed E-state index contributed by atoms with van der Waals surface area (Å²) < 4.78 is 5.68. The van der Waals surface area contributed by atoms with E-state index in [0.717, 1.165) is 11.3 Å². The Morgan fingerprint density at radius 3 is 2.65 bits per heavy atom. The minimum atomic E-state index is 0.0424. The van der Waals surface area contributed by atoms with E-state index in [1.807, 2.05) is 45.0 Å². The van der Waals surface area contributed by atoms with Crippen molar-refractivity contribution in [1.82, 2.24) is 4.98 Å². The van der Waals surface area contributed by atoms with Crippen molar-refractivity contribution in [2.75, 3.05) is 5.32 Å². The molecule has 1 unspecified atom stereocenters. The maximum atomic E-state index is 9.54. The Balaban J connectivity index is 2.17. The van der Waals surface area contributed by atoms with Crippen molar-refractivity contribution in [1.29, 1.82) is 0 Å². The van der Waals surface area contributed by atoms with Crippen LogP contribution in [0.3, 0.4) is 0 Å². The summed E-state index contributed by atoms with van der Waals surface area (Å²) in [7, 11) is 0. The summed E-state index contributed by atoms with van der Waals surface area (Å²) in [4.78, 5) is 4.25. The summed E-state index contributed by atoms with van der Waals surface area (Å²) in [5.74, 6) is 0.857. The molecular weight excluding hydrogens is 252 g/mol. The molecule has 106 valence electrons. The zero-order valence-corrected chi connectivity index (χ0v) is 12.0. The van der Waals surface area contributed by atoms with Gasteiger partial charge in [0.1, 0.15) is 5.75 Å². The first-order valence-corrected chi connectivity index (χ1v) is 6.73. The van der Waals surface area contributed by atoms with Crippen LogP contribution in [-0.4, -0.2) is 16.2 Å². The number of phenols is 1. The minimum absolute atomic E-state index is 0.0424. The number of hydrogen-bond acceptors (Lipinski definition) is 4. The van der Waals surface area contributed by atoms with Crippen molar-refractivity contribution < 1.29 is 9.84 Å². The van der Waals surface area contributed by atoms with Gasteiger partial charge in [-0.3, -0.25) is 0 Å². The number of rotatable bonds is 5. The molecule has 0 radical (unpaired) electrons. The topological polar surface area (TPSA) is 54.4 Å². The predicted octanol–water partition coefficient (Wildman–Crippen LogP) is 3.75. The highest BCUT2D eigenvalue weighted by Crippen LogP contribution is 2.27. The molecule has 1 atom stereocenters. The van der Waals surface area contributed by atoms with E-state index in [2.05, 4.69) is 10.3 Å². The monoisotopic (exact) mass is 272 g/mol. The zero-order valence-electron chi connectivity index (χ0n) is 12.0. The van der Waals surface area contributed by atoms with E-state index in [0.29, 0.717) is 5.88 Å². The van der Waals surface area contributed by atoms with E-state index in [9.17, 15) is 5.11 Å². The summed E-state index contributed by atoms with van der Waals surface area (Å²) in [5, 5.41) is 12.9. The summed E-state index contributed by atoms with van der Waals surface area (Å²) in [5.41, 5.74) is 1.85. The molecule has 4 nitrogen and oxygen atoms in total. The fourth-order valence-electron chi connectivity index (χ4n) is 1.93. The van der Waals surface area contributed by atoms with Gasteiger partial charge < -0.3 is 15.2 Å². The van der Waals surface area contributed by atoms with Crippen molar-refractivity contribution in [3.8, 4) is 11.6 Å². The molecule has 0 bridgehead atoms. The number of phenolic OH excluding ortho intramolecular Hbond substituents is 1. The molecule has 0 aliphatic rings. The number of nitrogens with zero attached hydrogens (tertiary/aromatic N) is 1. The van der Waals surface area contributed by atoms with Gasteiger partial charge in [-0.2, -0.15) is 0 Å². The lowest BCUT2D eigenvalue weighted by Crippen LogP contribution is -2.12. The third kappa shape index (κ3) is 3.63. The average Bonchev–Trinajstić information content (AvgIpc) is 2.40. The molecular formula is C16H20N2O2. The highest BCUT2D eigenvalue weighted by atomic mass is 16.5. The van der Waals surface area contributed by atoms with Gasteiger partial charge in [-0.05, 0) is 50.6 Å². The second kappa shape index (κ2) is 6.28. The Hall–Kier alpha value is -2.23. The van der Waals surface area contributed by atoms with Gasteiger partial charge in [-0.15, -0.1) is 0 Å². The molecule has 4 heteroatoms. The number of pyridine rings is 1. The summed E-state index contributed by atoms with van der Waals surface area (Å²) in [6.45, 7) is 5.97. The number of ether oxygens (including phenoxy) is 1. The van der Waals surface area contributed by atoms with Gasteiger partial charge >= 0.3 is 0 Å². The molecule has 0 aliphatic carbocycles. The van der Waals surface area contributed by atoms with Crippen LogP contribution in [0.2, 0.25) is 0 Å². The second-order valence-electron chi connectivity index (χ2n) is 4.98. The zero-order chi connectivity index (χ0) is 14.5. The molecule has 1 aromatic carbocycles. The van der Waals surface area contributed by atoms with Gasteiger partial charge in [-0.1, -0.05) is 12.1 Å². The number of nitrogens with one attached hydrogen (secondary N) is 1. The van der Waals surface area contributed by atoms with Crippen LogP contribution in [0, 0.1) is 0 Å². The van der Waals surface area contributed by atoms with Gasteiger partial charge in [-0.25, -0.2) is 4.98 Å². The summed E-state index contributed by atoms with van der Waals surface area (Å²) in [6, 6.07) is 11.1. The van der Waals surface area contributed by atoms with E-state index < -0.39 is 0 Å². The first-order chi connectivity index (χ1) is 9.56. The molecule has 2 rings (SSSR count). The van der Waals surface area contributed by atoms with Gasteiger partial charge in [0.2, 0.25) is 5.88 Å². The Kier molecular flexibility index (Phi) is 4.45. The molecule has 2 N–H and O–H groups in total. The van der Waals surface area contributed by atoms with Crippen molar-refractivity contribution in [3.05, 3.63) is 48.2 Å². The molecule has 0 aliphatic heterocycles. The third-order valence-electron chi connectivity index (χ3n) is 2.86. The maximum Gasteiger partial charge on any atom is 0.237 e. The van der Waals surface area contributed by atoms with Crippen LogP contribution >= 0.6 is 0 Å². The Morgan fingerprint density at radius 1 is 1.15 bits per heavy atom. The van der Waals surface area contributed by atoms with Crippen molar-refractivity contribution in [2.45, 2.75) is 32.9 Å². The fraction of sp³-hybridized carbons (Fsp3) is 0.312. The smallest absolute Gasteiger partial charge is 0.237 e. The summed E-state index contributed by atoms with van der Waals surface area (Å²) >= 11 is 0. The molecule has 2 aromatic rings. The van der Waals surface area contributed by atoms with E-state index in [1.165, 1.54) is 0 Å². The molecule has 0 saturated heterocycles. The van der Waals surface area contributed by atoms with Crippen molar-refractivity contribution >= 4 is 5.69 Å². The van der Waals surface area contributed by atoms with E-state index in [1.54, 1.807) is 18.3 Å². The molecule has 0 fully saturated rings. The van der Waals surface area contributed by atoms with Crippen molar-refractivity contribution in [2.24, 2.45) is 0 Å². The SMILES string of the molecule is CC(C)Oc1ncccc1NC(C)c1cccc(O)c1. The minimum Gasteiger partial charge on any atom is -0.508 e. The number of anilines is 1. The summed E-state index contributed by atoms with van der Waals surface area (Å²) in [6.07, 6.45) is 1.78. The van der Waals surface area contributed by atoms with Gasteiger partial charge in [0.05, 0.1) is 11.8 Å². The first kappa shape index (κ1) is 14.2. The molecule has 20 heavy (non-hydrogen) atoms. The van der Waals surface area contributed by atoms with Crippen LogP contribution in [-0.2, 0) is 0 Å². The Morgan fingerprint density at radius 2 is 1.95 bits per heavy atom. The highest BCUT2D eigenvalue weighted by molar-refractivity contribution is 5.53.